The number of nitrogens with zero attached hydrogens (tertiary/aromatic N) is 4. The Morgan fingerprint density at radius 3 is 2.33 bits per heavy atom. The predicted octanol–water partition coefficient (Wildman–Crippen LogP) is 4.17. The summed E-state index contributed by atoms with van der Waals surface area (Å²) in [6, 6.07) is 22.8. The van der Waals surface area contributed by atoms with Gasteiger partial charge in [-0.3, -0.25) is 9.36 Å². The van der Waals surface area contributed by atoms with E-state index in [1.54, 1.807) is 18.3 Å². The maximum absolute atomic E-state index is 12.1. The highest BCUT2D eigenvalue weighted by atomic mass is 16.1. The van der Waals surface area contributed by atoms with Crippen molar-refractivity contribution in [3.05, 3.63) is 90.1 Å². The van der Waals surface area contributed by atoms with Crippen molar-refractivity contribution in [2.45, 2.75) is 24.8 Å². The predicted molar refractivity (Wildman–Crippen MR) is 140 cm³/mol. The quantitative estimate of drug-likeness (QED) is 0.349. The van der Waals surface area contributed by atoms with Crippen LogP contribution >= 0.6 is 0 Å². The second-order valence-electron chi connectivity index (χ2n) is 9.21. The average molecular weight is 476 g/mol. The highest BCUT2D eigenvalue weighted by molar-refractivity contribution is 5.99. The number of primary amides is 1. The molecule has 36 heavy (non-hydrogen) atoms. The lowest BCUT2D eigenvalue weighted by molar-refractivity contribution is 0.100. The van der Waals surface area contributed by atoms with Gasteiger partial charge in [0.15, 0.2) is 11.5 Å². The summed E-state index contributed by atoms with van der Waals surface area (Å²) in [5, 5.41) is 0. The van der Waals surface area contributed by atoms with Gasteiger partial charge in [0.1, 0.15) is 11.3 Å². The molecule has 178 valence electrons. The first kappa shape index (κ1) is 21.9. The Kier molecular flexibility index (Phi) is 5.05. The SMILES string of the molecule is NC(=O)c1ccccc1-c1ccc2nc(-c3cccnc3N)n(-c3ccc(C4(N)CCC4)cc3)c2n1. The van der Waals surface area contributed by atoms with E-state index in [9.17, 15) is 4.79 Å². The number of imidazole rings is 1. The zero-order valence-electron chi connectivity index (χ0n) is 19.6. The Bertz CT molecular complexity index is 1620. The van der Waals surface area contributed by atoms with Crippen LogP contribution in [0.3, 0.4) is 0 Å². The van der Waals surface area contributed by atoms with Crippen LogP contribution in [0.4, 0.5) is 5.82 Å². The van der Waals surface area contributed by atoms with Crippen LogP contribution in [0.2, 0.25) is 0 Å². The molecule has 0 atom stereocenters. The summed E-state index contributed by atoms with van der Waals surface area (Å²) in [5.41, 5.74) is 23.9. The summed E-state index contributed by atoms with van der Waals surface area (Å²) < 4.78 is 1.97. The summed E-state index contributed by atoms with van der Waals surface area (Å²) in [5.74, 6) is 0.495. The van der Waals surface area contributed by atoms with Gasteiger partial charge in [0, 0.05) is 28.6 Å². The third kappa shape index (κ3) is 3.50. The third-order valence-corrected chi connectivity index (χ3v) is 7.00. The molecule has 0 spiro atoms. The lowest BCUT2D eigenvalue weighted by Crippen LogP contribution is -2.43. The number of nitrogens with two attached hydrogens (primary N) is 3. The second kappa shape index (κ2) is 8.28. The van der Waals surface area contributed by atoms with Crippen LogP contribution in [-0.2, 0) is 5.54 Å². The van der Waals surface area contributed by atoms with Crippen molar-refractivity contribution >= 4 is 22.9 Å². The average Bonchev–Trinajstić information content (AvgIpc) is 3.26. The summed E-state index contributed by atoms with van der Waals surface area (Å²) in [7, 11) is 0. The molecule has 1 fully saturated rings. The number of hydrogen-bond acceptors (Lipinski definition) is 6. The van der Waals surface area contributed by atoms with Crippen molar-refractivity contribution in [3.63, 3.8) is 0 Å². The number of carbonyl (C=O) groups excluding carboxylic acids is 1. The first-order valence-electron chi connectivity index (χ1n) is 11.8. The van der Waals surface area contributed by atoms with E-state index in [0.717, 1.165) is 30.5 Å². The van der Waals surface area contributed by atoms with Gasteiger partial charge in [-0.25, -0.2) is 15.0 Å². The number of fused-ring (bicyclic) bond motifs is 1. The maximum Gasteiger partial charge on any atom is 0.249 e. The van der Waals surface area contributed by atoms with Gasteiger partial charge < -0.3 is 17.2 Å². The van der Waals surface area contributed by atoms with E-state index in [0.29, 0.717) is 45.2 Å². The molecule has 0 saturated heterocycles. The van der Waals surface area contributed by atoms with Crippen molar-refractivity contribution in [2.75, 3.05) is 5.73 Å². The topological polar surface area (TPSA) is 139 Å². The number of benzene rings is 2. The minimum absolute atomic E-state index is 0.254. The number of amides is 1. The first-order valence-corrected chi connectivity index (χ1v) is 11.8. The molecule has 1 aliphatic carbocycles. The molecule has 1 amide bonds. The van der Waals surface area contributed by atoms with Gasteiger partial charge >= 0.3 is 0 Å². The molecule has 8 nitrogen and oxygen atoms in total. The van der Waals surface area contributed by atoms with Gasteiger partial charge in [-0.15, -0.1) is 0 Å². The fourth-order valence-electron chi connectivity index (χ4n) is 4.85. The summed E-state index contributed by atoms with van der Waals surface area (Å²) in [6.45, 7) is 0. The zero-order chi connectivity index (χ0) is 24.9. The largest absolute Gasteiger partial charge is 0.383 e. The number of aromatic nitrogens is 4. The van der Waals surface area contributed by atoms with Gasteiger partial charge in [-0.1, -0.05) is 30.3 Å². The van der Waals surface area contributed by atoms with Crippen LogP contribution in [0.15, 0.2) is 79.0 Å². The van der Waals surface area contributed by atoms with E-state index >= 15 is 0 Å². The fraction of sp³-hybridized carbons (Fsp3) is 0.143. The van der Waals surface area contributed by atoms with Crippen molar-refractivity contribution < 1.29 is 4.79 Å². The van der Waals surface area contributed by atoms with E-state index in [1.165, 1.54) is 0 Å². The number of hydrogen-bond donors (Lipinski definition) is 3. The molecule has 8 heteroatoms. The molecule has 1 aliphatic rings. The molecular formula is C28H25N7O. The van der Waals surface area contributed by atoms with Crippen molar-refractivity contribution in [2.24, 2.45) is 11.5 Å². The van der Waals surface area contributed by atoms with E-state index in [2.05, 4.69) is 17.1 Å². The van der Waals surface area contributed by atoms with E-state index in [-0.39, 0.29) is 5.54 Å². The van der Waals surface area contributed by atoms with Crippen LogP contribution < -0.4 is 17.2 Å². The molecule has 6 rings (SSSR count). The maximum atomic E-state index is 12.1. The summed E-state index contributed by atoms with van der Waals surface area (Å²) >= 11 is 0. The monoisotopic (exact) mass is 475 g/mol. The molecule has 2 aromatic carbocycles. The van der Waals surface area contributed by atoms with Crippen LogP contribution in [0.1, 0.15) is 35.2 Å². The van der Waals surface area contributed by atoms with E-state index in [1.807, 2.05) is 53.1 Å². The molecule has 5 aromatic rings. The number of pyridine rings is 2. The number of anilines is 1. The Labute approximate surface area is 207 Å². The van der Waals surface area contributed by atoms with Crippen LogP contribution in [0, 0.1) is 0 Å². The Balaban J connectivity index is 1.58. The zero-order valence-corrected chi connectivity index (χ0v) is 19.6. The minimum atomic E-state index is -0.507. The van der Waals surface area contributed by atoms with Crippen LogP contribution in [0.5, 0.6) is 0 Å². The minimum Gasteiger partial charge on any atom is -0.383 e. The number of rotatable bonds is 5. The molecule has 1 saturated carbocycles. The molecule has 3 heterocycles. The molecule has 6 N–H and O–H groups in total. The van der Waals surface area contributed by atoms with Crippen LogP contribution in [-0.4, -0.2) is 25.4 Å². The summed E-state index contributed by atoms with van der Waals surface area (Å²) in [4.78, 5) is 26.1. The standard InChI is InChI=1S/C28H25N7O/c29-24-21(7-3-16-32-24)26-34-23-13-12-22(19-5-1-2-6-20(19)25(30)36)33-27(23)35(26)18-10-8-17(9-11-18)28(31)14-4-15-28/h1-3,5-13,16H,4,14-15,31H2,(H2,29,32)(H2,30,36). The van der Waals surface area contributed by atoms with Gasteiger partial charge in [0.2, 0.25) is 5.91 Å². The van der Waals surface area contributed by atoms with Gasteiger partial charge in [-0.2, -0.15) is 0 Å². The van der Waals surface area contributed by atoms with Gasteiger partial charge in [0.05, 0.1) is 11.3 Å². The number of carbonyl (C=O) groups is 1. The molecule has 0 aliphatic heterocycles. The van der Waals surface area contributed by atoms with Crippen molar-refractivity contribution in [3.8, 4) is 28.3 Å². The Morgan fingerprint density at radius 1 is 0.889 bits per heavy atom. The highest BCUT2D eigenvalue weighted by Gasteiger charge is 2.34. The molecule has 0 radical (unpaired) electrons. The van der Waals surface area contributed by atoms with Gasteiger partial charge in [0.25, 0.3) is 0 Å². The molecule has 3 aromatic heterocycles. The molecule has 0 unspecified atom stereocenters. The Hall–Kier alpha value is -4.56. The Morgan fingerprint density at radius 2 is 1.64 bits per heavy atom. The van der Waals surface area contributed by atoms with E-state index < -0.39 is 5.91 Å². The second-order valence-corrected chi connectivity index (χ2v) is 9.21. The molecular weight excluding hydrogens is 450 g/mol. The smallest absolute Gasteiger partial charge is 0.249 e. The van der Waals surface area contributed by atoms with Gasteiger partial charge in [-0.05, 0) is 67.3 Å². The first-order chi connectivity index (χ1) is 17.4. The highest BCUT2D eigenvalue weighted by Crippen LogP contribution is 2.39. The number of nitrogen functional groups attached to an aromatic ring is 1. The van der Waals surface area contributed by atoms with E-state index in [4.69, 9.17) is 27.2 Å². The lowest BCUT2D eigenvalue weighted by Gasteiger charge is -2.38. The lowest BCUT2D eigenvalue weighted by atomic mass is 9.73. The van der Waals surface area contributed by atoms with Crippen molar-refractivity contribution in [1.29, 1.82) is 0 Å². The summed E-state index contributed by atoms with van der Waals surface area (Å²) in [6.07, 6.45) is 4.77. The van der Waals surface area contributed by atoms with Crippen molar-refractivity contribution in [1.82, 2.24) is 19.5 Å². The molecule has 0 bridgehead atoms. The fourth-order valence-corrected chi connectivity index (χ4v) is 4.85. The van der Waals surface area contributed by atoms with Crippen LogP contribution in [0.25, 0.3) is 39.5 Å². The normalized spacial score (nSPS) is 14.5. The third-order valence-electron chi connectivity index (χ3n) is 7.00.